The van der Waals surface area contributed by atoms with Gasteiger partial charge in [0, 0.05) is 30.4 Å². The number of nitrogens with zero attached hydrogens (tertiary/aromatic N) is 1. The van der Waals surface area contributed by atoms with E-state index in [-0.39, 0.29) is 5.91 Å². The fraction of sp³-hybridized carbons (Fsp3) is 0.400. The summed E-state index contributed by atoms with van der Waals surface area (Å²) >= 11 is 5.49. The zero-order valence-corrected chi connectivity index (χ0v) is 8.84. The van der Waals surface area contributed by atoms with Crippen LogP contribution in [0.5, 0.6) is 0 Å². The minimum atomic E-state index is -0.0000463. The summed E-state index contributed by atoms with van der Waals surface area (Å²) in [5.41, 5.74) is 1.78. The number of aryl methyl sites for hydroxylation is 1. The third kappa shape index (κ3) is 3.34. The standard InChI is InChI=1S/C10H13ClN2O/c1-8-7-12-6-4-9(8)13-10(14)3-2-5-11/h4,6-7H,2-3,5H2,1H3,(H,12,13,14). The largest absolute Gasteiger partial charge is 0.326 e. The van der Waals surface area contributed by atoms with Crippen molar-refractivity contribution in [2.45, 2.75) is 19.8 Å². The smallest absolute Gasteiger partial charge is 0.224 e. The van der Waals surface area contributed by atoms with E-state index in [1.54, 1.807) is 18.5 Å². The summed E-state index contributed by atoms with van der Waals surface area (Å²) in [5, 5.41) is 2.81. The van der Waals surface area contributed by atoms with E-state index in [2.05, 4.69) is 10.3 Å². The van der Waals surface area contributed by atoms with Crippen molar-refractivity contribution in [3.63, 3.8) is 0 Å². The predicted molar refractivity (Wildman–Crippen MR) is 57.6 cm³/mol. The maximum absolute atomic E-state index is 11.3. The van der Waals surface area contributed by atoms with Gasteiger partial charge in [0.15, 0.2) is 0 Å². The topological polar surface area (TPSA) is 42.0 Å². The average Bonchev–Trinajstić information content (AvgIpc) is 2.18. The van der Waals surface area contributed by atoms with Crippen LogP contribution < -0.4 is 5.32 Å². The summed E-state index contributed by atoms with van der Waals surface area (Å²) in [7, 11) is 0. The molecule has 1 N–H and O–H groups in total. The highest BCUT2D eigenvalue weighted by Crippen LogP contribution is 2.11. The maximum Gasteiger partial charge on any atom is 0.224 e. The number of carbonyl (C=O) groups is 1. The Bertz CT molecular complexity index is 315. The average molecular weight is 213 g/mol. The second-order valence-corrected chi connectivity index (χ2v) is 3.41. The van der Waals surface area contributed by atoms with Crippen LogP contribution in [0.3, 0.4) is 0 Å². The molecule has 1 heterocycles. The Morgan fingerprint density at radius 3 is 3.07 bits per heavy atom. The number of halogens is 1. The van der Waals surface area contributed by atoms with E-state index in [1.807, 2.05) is 6.92 Å². The first-order valence-electron chi connectivity index (χ1n) is 4.50. The van der Waals surface area contributed by atoms with Crippen LogP contribution in [-0.2, 0) is 4.79 Å². The second kappa shape index (κ2) is 5.60. The third-order valence-electron chi connectivity index (χ3n) is 1.83. The SMILES string of the molecule is Cc1cnccc1NC(=O)CCCCl. The molecule has 0 aromatic carbocycles. The van der Waals surface area contributed by atoms with E-state index in [4.69, 9.17) is 11.6 Å². The van der Waals surface area contributed by atoms with Crippen molar-refractivity contribution < 1.29 is 4.79 Å². The van der Waals surface area contributed by atoms with E-state index in [0.717, 1.165) is 11.3 Å². The zero-order chi connectivity index (χ0) is 10.4. The molecule has 1 aromatic heterocycles. The molecule has 1 rings (SSSR count). The van der Waals surface area contributed by atoms with Gasteiger partial charge in [-0.05, 0) is 25.0 Å². The lowest BCUT2D eigenvalue weighted by atomic mass is 10.2. The summed E-state index contributed by atoms with van der Waals surface area (Å²) in [5.74, 6) is 0.517. The Kier molecular flexibility index (Phi) is 4.40. The summed E-state index contributed by atoms with van der Waals surface area (Å²) in [4.78, 5) is 15.3. The van der Waals surface area contributed by atoms with Crippen LogP contribution in [0.1, 0.15) is 18.4 Å². The fourth-order valence-corrected chi connectivity index (χ4v) is 1.19. The van der Waals surface area contributed by atoms with Gasteiger partial charge in [-0.2, -0.15) is 0 Å². The number of rotatable bonds is 4. The fourth-order valence-electron chi connectivity index (χ4n) is 1.05. The van der Waals surface area contributed by atoms with Crippen molar-refractivity contribution in [3.05, 3.63) is 24.0 Å². The first-order chi connectivity index (χ1) is 6.74. The summed E-state index contributed by atoms with van der Waals surface area (Å²) in [6.07, 6.45) is 4.55. The lowest BCUT2D eigenvalue weighted by molar-refractivity contribution is -0.116. The number of alkyl halides is 1. The second-order valence-electron chi connectivity index (χ2n) is 3.03. The molecule has 0 aliphatic carbocycles. The van der Waals surface area contributed by atoms with Crippen molar-refractivity contribution >= 4 is 23.2 Å². The molecule has 0 saturated carbocycles. The van der Waals surface area contributed by atoms with E-state index < -0.39 is 0 Å². The lowest BCUT2D eigenvalue weighted by Crippen LogP contribution is -2.12. The normalized spacial score (nSPS) is 9.86. The number of pyridine rings is 1. The molecule has 0 aliphatic heterocycles. The first kappa shape index (κ1) is 11.0. The number of nitrogens with one attached hydrogen (secondary N) is 1. The molecule has 1 amide bonds. The van der Waals surface area contributed by atoms with Crippen LogP contribution in [0.4, 0.5) is 5.69 Å². The molecular weight excluding hydrogens is 200 g/mol. The van der Waals surface area contributed by atoms with Gasteiger partial charge < -0.3 is 5.32 Å². The van der Waals surface area contributed by atoms with Gasteiger partial charge in [0.05, 0.1) is 0 Å². The Morgan fingerprint density at radius 1 is 1.64 bits per heavy atom. The highest BCUT2D eigenvalue weighted by molar-refractivity contribution is 6.18. The molecular formula is C10H13ClN2O. The minimum Gasteiger partial charge on any atom is -0.326 e. The van der Waals surface area contributed by atoms with Crippen LogP contribution in [0.2, 0.25) is 0 Å². The molecule has 0 atom stereocenters. The van der Waals surface area contributed by atoms with Crippen molar-refractivity contribution in [3.8, 4) is 0 Å². The Labute approximate surface area is 88.5 Å². The van der Waals surface area contributed by atoms with Crippen LogP contribution >= 0.6 is 11.6 Å². The molecule has 1 aromatic rings. The Balaban J connectivity index is 2.52. The van der Waals surface area contributed by atoms with Crippen LogP contribution in [-0.4, -0.2) is 16.8 Å². The predicted octanol–water partition coefficient (Wildman–Crippen LogP) is 2.35. The van der Waals surface area contributed by atoms with Gasteiger partial charge in [-0.3, -0.25) is 9.78 Å². The Morgan fingerprint density at radius 2 is 2.43 bits per heavy atom. The highest BCUT2D eigenvalue weighted by Gasteiger charge is 2.03. The van der Waals surface area contributed by atoms with Crippen molar-refractivity contribution in [1.82, 2.24) is 4.98 Å². The van der Waals surface area contributed by atoms with Crippen molar-refractivity contribution in [2.75, 3.05) is 11.2 Å². The number of anilines is 1. The van der Waals surface area contributed by atoms with Gasteiger partial charge in [-0.1, -0.05) is 0 Å². The van der Waals surface area contributed by atoms with Crippen molar-refractivity contribution in [1.29, 1.82) is 0 Å². The minimum absolute atomic E-state index is 0.0000463. The van der Waals surface area contributed by atoms with Gasteiger partial charge in [0.2, 0.25) is 5.91 Å². The molecule has 14 heavy (non-hydrogen) atoms. The molecule has 0 aliphatic rings. The number of hydrogen-bond acceptors (Lipinski definition) is 2. The molecule has 0 unspecified atom stereocenters. The van der Waals surface area contributed by atoms with Crippen molar-refractivity contribution in [2.24, 2.45) is 0 Å². The number of hydrogen-bond donors (Lipinski definition) is 1. The highest BCUT2D eigenvalue weighted by atomic mass is 35.5. The van der Waals surface area contributed by atoms with E-state index in [9.17, 15) is 4.79 Å². The maximum atomic E-state index is 11.3. The summed E-state index contributed by atoms with van der Waals surface area (Å²) in [6.45, 7) is 1.91. The van der Waals surface area contributed by atoms with Crippen LogP contribution in [0, 0.1) is 6.92 Å². The van der Waals surface area contributed by atoms with Crippen LogP contribution in [0.15, 0.2) is 18.5 Å². The number of carbonyl (C=O) groups excluding carboxylic acids is 1. The lowest BCUT2D eigenvalue weighted by Gasteiger charge is -2.06. The molecule has 0 fully saturated rings. The molecule has 3 nitrogen and oxygen atoms in total. The zero-order valence-electron chi connectivity index (χ0n) is 8.09. The van der Waals surface area contributed by atoms with Gasteiger partial charge >= 0.3 is 0 Å². The molecule has 0 bridgehead atoms. The van der Waals surface area contributed by atoms with E-state index >= 15 is 0 Å². The quantitative estimate of drug-likeness (QED) is 0.779. The van der Waals surface area contributed by atoms with Gasteiger partial charge in [0.1, 0.15) is 0 Å². The van der Waals surface area contributed by atoms with Gasteiger partial charge in [-0.15, -0.1) is 11.6 Å². The van der Waals surface area contributed by atoms with Gasteiger partial charge in [-0.25, -0.2) is 0 Å². The number of amides is 1. The van der Waals surface area contributed by atoms with E-state index in [1.165, 1.54) is 0 Å². The molecule has 76 valence electrons. The summed E-state index contributed by atoms with van der Waals surface area (Å²) < 4.78 is 0. The number of aromatic nitrogens is 1. The molecule has 0 spiro atoms. The summed E-state index contributed by atoms with van der Waals surface area (Å²) in [6, 6.07) is 1.79. The molecule has 0 radical (unpaired) electrons. The monoisotopic (exact) mass is 212 g/mol. The van der Waals surface area contributed by atoms with E-state index in [0.29, 0.717) is 18.7 Å². The molecule has 0 saturated heterocycles. The van der Waals surface area contributed by atoms with Crippen LogP contribution in [0.25, 0.3) is 0 Å². The molecule has 4 heteroatoms. The Hall–Kier alpha value is -1.09. The first-order valence-corrected chi connectivity index (χ1v) is 5.04. The van der Waals surface area contributed by atoms with Gasteiger partial charge in [0.25, 0.3) is 0 Å². The third-order valence-corrected chi connectivity index (χ3v) is 2.10.